The highest BCUT2D eigenvalue weighted by Crippen LogP contribution is 2.22. The van der Waals surface area contributed by atoms with Crippen molar-refractivity contribution in [3.63, 3.8) is 0 Å². The number of nitrogens with zero attached hydrogens (tertiary/aromatic N) is 3. The van der Waals surface area contributed by atoms with Crippen LogP contribution in [0.15, 0.2) is 30.7 Å². The zero-order chi connectivity index (χ0) is 15.4. The number of imidazole rings is 1. The van der Waals surface area contributed by atoms with E-state index in [9.17, 15) is 4.79 Å². The zero-order valence-electron chi connectivity index (χ0n) is 12.7. The van der Waals surface area contributed by atoms with Crippen LogP contribution >= 0.6 is 11.8 Å². The lowest BCUT2D eigenvalue weighted by Gasteiger charge is -2.32. The van der Waals surface area contributed by atoms with E-state index in [-0.39, 0.29) is 5.91 Å². The van der Waals surface area contributed by atoms with Crippen molar-refractivity contribution >= 4 is 17.7 Å². The molecule has 0 saturated carbocycles. The molecular formula is C16H20N4OS. The SMILES string of the molecule is CSCC1CCCN(C(=O)c2ccnc(-c3ncc[nH]3)c2)C1. The largest absolute Gasteiger partial charge is 0.343 e. The lowest BCUT2D eigenvalue weighted by molar-refractivity contribution is 0.0685. The Labute approximate surface area is 134 Å². The molecule has 3 heterocycles. The van der Waals surface area contributed by atoms with Gasteiger partial charge in [0.1, 0.15) is 5.69 Å². The van der Waals surface area contributed by atoms with Gasteiger partial charge in [-0.05, 0) is 42.9 Å². The lowest BCUT2D eigenvalue weighted by Crippen LogP contribution is -2.40. The second-order valence-corrected chi connectivity index (χ2v) is 6.49. The number of likely N-dealkylation sites (tertiary alicyclic amines) is 1. The Morgan fingerprint density at radius 1 is 1.45 bits per heavy atom. The molecule has 2 aromatic rings. The molecule has 116 valence electrons. The van der Waals surface area contributed by atoms with Gasteiger partial charge < -0.3 is 9.88 Å². The Hall–Kier alpha value is -1.82. The number of aromatic nitrogens is 3. The number of piperidine rings is 1. The highest BCUT2D eigenvalue weighted by atomic mass is 32.2. The molecule has 3 rings (SSSR count). The van der Waals surface area contributed by atoms with Gasteiger partial charge in [-0.2, -0.15) is 11.8 Å². The number of hydrogen-bond donors (Lipinski definition) is 1. The molecule has 1 N–H and O–H groups in total. The van der Waals surface area contributed by atoms with Crippen molar-refractivity contribution in [2.24, 2.45) is 5.92 Å². The summed E-state index contributed by atoms with van der Waals surface area (Å²) in [5.41, 5.74) is 1.39. The number of amides is 1. The van der Waals surface area contributed by atoms with E-state index in [2.05, 4.69) is 21.2 Å². The van der Waals surface area contributed by atoms with Crippen molar-refractivity contribution in [1.29, 1.82) is 0 Å². The van der Waals surface area contributed by atoms with Crippen molar-refractivity contribution in [3.8, 4) is 11.5 Å². The van der Waals surface area contributed by atoms with Crippen molar-refractivity contribution in [2.45, 2.75) is 12.8 Å². The van der Waals surface area contributed by atoms with Crippen LogP contribution in [-0.4, -0.2) is 50.9 Å². The first kappa shape index (κ1) is 15.1. The smallest absolute Gasteiger partial charge is 0.253 e. The van der Waals surface area contributed by atoms with Gasteiger partial charge in [-0.1, -0.05) is 0 Å². The molecule has 2 aromatic heterocycles. The topological polar surface area (TPSA) is 61.9 Å². The summed E-state index contributed by atoms with van der Waals surface area (Å²) in [6, 6.07) is 3.60. The summed E-state index contributed by atoms with van der Waals surface area (Å²) in [5.74, 6) is 2.52. The van der Waals surface area contributed by atoms with Gasteiger partial charge in [-0.15, -0.1) is 0 Å². The van der Waals surface area contributed by atoms with Crippen LogP contribution in [0.2, 0.25) is 0 Å². The molecule has 0 aliphatic carbocycles. The summed E-state index contributed by atoms with van der Waals surface area (Å²) in [4.78, 5) is 26.2. The van der Waals surface area contributed by atoms with E-state index in [1.807, 2.05) is 22.7 Å². The summed E-state index contributed by atoms with van der Waals surface area (Å²) in [7, 11) is 0. The molecule has 0 spiro atoms. The minimum absolute atomic E-state index is 0.0982. The monoisotopic (exact) mass is 316 g/mol. The molecule has 1 aliphatic heterocycles. The average molecular weight is 316 g/mol. The zero-order valence-corrected chi connectivity index (χ0v) is 13.5. The lowest BCUT2D eigenvalue weighted by atomic mass is 9.99. The van der Waals surface area contributed by atoms with E-state index < -0.39 is 0 Å². The first-order chi connectivity index (χ1) is 10.8. The van der Waals surface area contributed by atoms with Crippen LogP contribution < -0.4 is 0 Å². The second kappa shape index (κ2) is 6.96. The van der Waals surface area contributed by atoms with Gasteiger partial charge in [0.2, 0.25) is 0 Å². The van der Waals surface area contributed by atoms with E-state index in [1.165, 1.54) is 6.42 Å². The molecule has 0 aromatic carbocycles. The molecule has 1 amide bonds. The van der Waals surface area contributed by atoms with Crippen molar-refractivity contribution in [3.05, 3.63) is 36.3 Å². The highest BCUT2D eigenvalue weighted by molar-refractivity contribution is 7.98. The third-order valence-corrected chi connectivity index (χ3v) is 4.76. The normalized spacial score (nSPS) is 18.4. The van der Waals surface area contributed by atoms with Gasteiger partial charge in [0.25, 0.3) is 5.91 Å². The number of carbonyl (C=O) groups excluding carboxylic acids is 1. The van der Waals surface area contributed by atoms with Gasteiger partial charge in [0.05, 0.1) is 0 Å². The second-order valence-electron chi connectivity index (χ2n) is 5.58. The minimum atomic E-state index is 0.0982. The van der Waals surface area contributed by atoms with Crippen LogP contribution in [0.25, 0.3) is 11.5 Å². The number of nitrogens with one attached hydrogen (secondary N) is 1. The molecule has 5 nitrogen and oxygen atoms in total. The number of rotatable bonds is 4. The molecule has 0 radical (unpaired) electrons. The molecular weight excluding hydrogens is 296 g/mol. The van der Waals surface area contributed by atoms with E-state index in [4.69, 9.17) is 0 Å². The van der Waals surface area contributed by atoms with Crippen molar-refractivity contribution < 1.29 is 4.79 Å². The van der Waals surface area contributed by atoms with Crippen LogP contribution in [0.5, 0.6) is 0 Å². The molecule has 6 heteroatoms. The molecule has 1 saturated heterocycles. The van der Waals surface area contributed by atoms with Crippen LogP contribution in [0.1, 0.15) is 23.2 Å². The summed E-state index contributed by atoms with van der Waals surface area (Å²) < 4.78 is 0. The first-order valence-corrected chi connectivity index (χ1v) is 8.91. The summed E-state index contributed by atoms with van der Waals surface area (Å²) in [6.45, 7) is 1.71. The maximum Gasteiger partial charge on any atom is 0.253 e. The minimum Gasteiger partial charge on any atom is -0.343 e. The Bertz CT molecular complexity index is 627. The Kier molecular flexibility index (Phi) is 4.77. The molecule has 1 fully saturated rings. The third kappa shape index (κ3) is 3.32. The summed E-state index contributed by atoms with van der Waals surface area (Å²) in [6.07, 6.45) is 9.55. The highest BCUT2D eigenvalue weighted by Gasteiger charge is 2.24. The van der Waals surface area contributed by atoms with Crippen LogP contribution in [0, 0.1) is 5.92 Å². The predicted molar refractivity (Wildman–Crippen MR) is 88.8 cm³/mol. The van der Waals surface area contributed by atoms with Gasteiger partial charge >= 0.3 is 0 Å². The number of carbonyl (C=O) groups is 1. The number of thioether (sulfide) groups is 1. The predicted octanol–water partition coefficient (Wildman–Crippen LogP) is 2.69. The molecule has 1 aliphatic rings. The quantitative estimate of drug-likeness (QED) is 0.942. The number of H-pyrrole nitrogens is 1. The van der Waals surface area contributed by atoms with Gasteiger partial charge in [-0.3, -0.25) is 9.78 Å². The first-order valence-electron chi connectivity index (χ1n) is 7.52. The molecule has 1 unspecified atom stereocenters. The van der Waals surface area contributed by atoms with Crippen LogP contribution in [0.4, 0.5) is 0 Å². The van der Waals surface area contributed by atoms with Crippen molar-refractivity contribution in [1.82, 2.24) is 19.9 Å². The van der Waals surface area contributed by atoms with E-state index >= 15 is 0 Å². The standard InChI is InChI=1S/C16H20N4OS/c1-22-11-12-3-2-8-20(10-12)16(21)13-4-5-17-14(9-13)15-18-6-7-19-15/h4-7,9,12H,2-3,8,10-11H2,1H3,(H,18,19). The van der Waals surface area contributed by atoms with E-state index in [0.29, 0.717) is 23.0 Å². The molecule has 22 heavy (non-hydrogen) atoms. The van der Waals surface area contributed by atoms with Gasteiger partial charge in [-0.25, -0.2) is 4.98 Å². The van der Waals surface area contributed by atoms with Crippen LogP contribution in [0.3, 0.4) is 0 Å². The molecule has 0 bridgehead atoms. The summed E-state index contributed by atoms with van der Waals surface area (Å²) in [5, 5.41) is 0. The summed E-state index contributed by atoms with van der Waals surface area (Å²) >= 11 is 1.86. The Balaban J connectivity index is 1.76. The fourth-order valence-electron chi connectivity index (χ4n) is 2.90. The Morgan fingerprint density at radius 2 is 2.36 bits per heavy atom. The number of hydrogen-bond acceptors (Lipinski definition) is 4. The van der Waals surface area contributed by atoms with Gasteiger partial charge in [0, 0.05) is 37.2 Å². The fourth-order valence-corrected chi connectivity index (χ4v) is 3.65. The Morgan fingerprint density at radius 3 is 3.14 bits per heavy atom. The maximum absolute atomic E-state index is 12.7. The fraction of sp³-hybridized carbons (Fsp3) is 0.438. The average Bonchev–Trinajstić information content (AvgIpc) is 3.09. The van der Waals surface area contributed by atoms with E-state index in [1.54, 1.807) is 24.7 Å². The van der Waals surface area contributed by atoms with Gasteiger partial charge in [0.15, 0.2) is 5.82 Å². The van der Waals surface area contributed by atoms with Crippen molar-refractivity contribution in [2.75, 3.05) is 25.1 Å². The third-order valence-electron chi connectivity index (χ3n) is 3.96. The van der Waals surface area contributed by atoms with E-state index in [0.717, 1.165) is 25.3 Å². The molecule has 1 atom stereocenters. The number of pyridine rings is 1. The van der Waals surface area contributed by atoms with Crippen LogP contribution in [-0.2, 0) is 0 Å². The number of aromatic amines is 1. The maximum atomic E-state index is 12.7.